The fourth-order valence-electron chi connectivity index (χ4n) is 3.79. The first-order valence-electron chi connectivity index (χ1n) is 11.7. The molecule has 0 aromatic heterocycles. The number of benzene rings is 3. The number of carbonyl (C=O) groups excluding carboxylic acids is 2. The quantitative estimate of drug-likeness (QED) is 0.375. The normalized spacial score (nSPS) is 12.0. The molecule has 3 rings (SSSR count). The zero-order chi connectivity index (χ0) is 27.2. The Labute approximate surface area is 228 Å². The first kappa shape index (κ1) is 28.5. The highest BCUT2D eigenvalue weighted by Gasteiger charge is 2.33. The van der Waals surface area contributed by atoms with E-state index in [0.29, 0.717) is 6.54 Å². The Morgan fingerprint density at radius 3 is 2.27 bits per heavy atom. The SMILES string of the molecule is CCNC(=O)C(C)N(Cc1ccccc1C)C(=O)CN(c1cc(Cl)ccc1Cl)S(=O)(=O)c1ccccc1. The number of hydrogen-bond acceptors (Lipinski definition) is 4. The van der Waals surface area contributed by atoms with E-state index in [0.717, 1.165) is 15.4 Å². The molecule has 0 aliphatic rings. The number of amides is 2. The Hall–Kier alpha value is -3.07. The van der Waals surface area contributed by atoms with Gasteiger partial charge < -0.3 is 10.2 Å². The lowest BCUT2D eigenvalue weighted by atomic mass is 10.1. The van der Waals surface area contributed by atoms with Crippen LogP contribution in [-0.4, -0.2) is 44.3 Å². The molecule has 0 saturated carbocycles. The molecule has 2 amide bonds. The minimum absolute atomic E-state index is 0.0129. The maximum Gasteiger partial charge on any atom is 0.264 e. The van der Waals surface area contributed by atoms with Gasteiger partial charge in [-0.2, -0.15) is 0 Å². The van der Waals surface area contributed by atoms with Crippen molar-refractivity contribution in [3.05, 3.63) is 94.0 Å². The highest BCUT2D eigenvalue weighted by atomic mass is 35.5. The molecule has 0 radical (unpaired) electrons. The minimum atomic E-state index is -4.22. The Kier molecular flexibility index (Phi) is 9.59. The van der Waals surface area contributed by atoms with Crippen LogP contribution in [0.4, 0.5) is 5.69 Å². The Bertz CT molecular complexity index is 1370. The van der Waals surface area contributed by atoms with Crippen molar-refractivity contribution in [2.24, 2.45) is 0 Å². The second kappa shape index (κ2) is 12.4. The summed E-state index contributed by atoms with van der Waals surface area (Å²) in [5.41, 5.74) is 1.84. The van der Waals surface area contributed by atoms with Crippen molar-refractivity contribution in [1.82, 2.24) is 10.2 Å². The lowest BCUT2D eigenvalue weighted by Gasteiger charge is -2.32. The van der Waals surface area contributed by atoms with E-state index in [1.165, 1.54) is 35.2 Å². The van der Waals surface area contributed by atoms with Gasteiger partial charge >= 0.3 is 0 Å². The Balaban J connectivity index is 2.07. The average molecular weight is 563 g/mol. The molecule has 10 heteroatoms. The number of rotatable bonds is 10. The van der Waals surface area contributed by atoms with Crippen LogP contribution >= 0.6 is 23.2 Å². The third-order valence-corrected chi connectivity index (χ3v) is 8.24. The van der Waals surface area contributed by atoms with E-state index in [9.17, 15) is 18.0 Å². The van der Waals surface area contributed by atoms with Gasteiger partial charge in [-0.3, -0.25) is 13.9 Å². The van der Waals surface area contributed by atoms with Gasteiger partial charge in [-0.1, -0.05) is 65.7 Å². The van der Waals surface area contributed by atoms with Crippen LogP contribution in [0.2, 0.25) is 10.0 Å². The molecule has 1 unspecified atom stereocenters. The highest BCUT2D eigenvalue weighted by molar-refractivity contribution is 7.92. The zero-order valence-electron chi connectivity index (χ0n) is 20.8. The van der Waals surface area contributed by atoms with Gasteiger partial charge in [0.05, 0.1) is 15.6 Å². The van der Waals surface area contributed by atoms with Gasteiger partial charge in [-0.25, -0.2) is 8.42 Å². The molecule has 0 saturated heterocycles. The zero-order valence-corrected chi connectivity index (χ0v) is 23.1. The number of carbonyl (C=O) groups is 2. The van der Waals surface area contributed by atoms with E-state index in [4.69, 9.17) is 23.2 Å². The van der Waals surface area contributed by atoms with E-state index in [-0.39, 0.29) is 33.1 Å². The lowest BCUT2D eigenvalue weighted by molar-refractivity contribution is -0.139. The fourth-order valence-corrected chi connectivity index (χ4v) is 5.67. The third kappa shape index (κ3) is 6.83. The maximum absolute atomic E-state index is 13.8. The molecule has 0 aliphatic carbocycles. The summed E-state index contributed by atoms with van der Waals surface area (Å²) in [5, 5.41) is 3.10. The van der Waals surface area contributed by atoms with Crippen molar-refractivity contribution >= 4 is 50.7 Å². The van der Waals surface area contributed by atoms with Gasteiger partial charge in [0, 0.05) is 18.1 Å². The summed E-state index contributed by atoms with van der Waals surface area (Å²) < 4.78 is 28.4. The average Bonchev–Trinajstić information content (AvgIpc) is 2.88. The number of anilines is 1. The molecule has 0 spiro atoms. The van der Waals surface area contributed by atoms with Crippen molar-refractivity contribution in [3.8, 4) is 0 Å². The molecular weight excluding hydrogens is 533 g/mol. The number of sulfonamides is 1. The predicted octanol–water partition coefficient (Wildman–Crippen LogP) is 5.05. The van der Waals surface area contributed by atoms with Gasteiger partial charge in [0.1, 0.15) is 12.6 Å². The van der Waals surface area contributed by atoms with Crippen molar-refractivity contribution in [3.63, 3.8) is 0 Å². The molecule has 1 atom stereocenters. The maximum atomic E-state index is 13.8. The number of nitrogens with zero attached hydrogens (tertiary/aromatic N) is 2. The monoisotopic (exact) mass is 561 g/mol. The first-order valence-corrected chi connectivity index (χ1v) is 13.9. The summed E-state index contributed by atoms with van der Waals surface area (Å²) in [5.74, 6) is -0.916. The van der Waals surface area contributed by atoms with Crippen molar-refractivity contribution < 1.29 is 18.0 Å². The van der Waals surface area contributed by atoms with E-state index in [1.54, 1.807) is 32.0 Å². The van der Waals surface area contributed by atoms with Crippen molar-refractivity contribution in [1.29, 1.82) is 0 Å². The third-order valence-electron chi connectivity index (χ3n) is 5.91. The first-order chi connectivity index (χ1) is 17.6. The highest BCUT2D eigenvalue weighted by Crippen LogP contribution is 2.33. The van der Waals surface area contributed by atoms with Crippen molar-refractivity contribution in [2.75, 3.05) is 17.4 Å². The molecular formula is C27H29Cl2N3O4S. The number of nitrogens with one attached hydrogen (secondary N) is 1. The molecule has 3 aromatic rings. The summed E-state index contributed by atoms with van der Waals surface area (Å²) >= 11 is 12.6. The van der Waals surface area contributed by atoms with Gasteiger partial charge in [0.15, 0.2) is 0 Å². The summed E-state index contributed by atoms with van der Waals surface area (Å²) in [6, 6.07) is 18.8. The van der Waals surface area contributed by atoms with E-state index in [1.807, 2.05) is 31.2 Å². The van der Waals surface area contributed by atoms with E-state index >= 15 is 0 Å². The second-order valence-electron chi connectivity index (χ2n) is 8.44. The van der Waals surface area contributed by atoms with Crippen molar-refractivity contribution in [2.45, 2.75) is 38.3 Å². The van der Waals surface area contributed by atoms with Gasteiger partial charge in [0.25, 0.3) is 10.0 Å². The van der Waals surface area contributed by atoms with Gasteiger partial charge in [-0.15, -0.1) is 0 Å². The summed E-state index contributed by atoms with van der Waals surface area (Å²) in [7, 11) is -4.22. The van der Waals surface area contributed by atoms with Crippen LogP contribution in [-0.2, 0) is 26.2 Å². The summed E-state index contributed by atoms with van der Waals surface area (Å²) in [6.07, 6.45) is 0. The number of hydrogen-bond donors (Lipinski definition) is 1. The molecule has 0 aliphatic heterocycles. The number of aryl methyl sites for hydroxylation is 1. The van der Waals surface area contributed by atoms with Crippen LogP contribution in [0.15, 0.2) is 77.7 Å². The van der Waals surface area contributed by atoms with E-state index in [2.05, 4.69) is 5.32 Å². The molecule has 1 N–H and O–H groups in total. The molecule has 7 nitrogen and oxygen atoms in total. The van der Waals surface area contributed by atoms with Gasteiger partial charge in [-0.05, 0) is 62.2 Å². The lowest BCUT2D eigenvalue weighted by Crippen LogP contribution is -2.51. The largest absolute Gasteiger partial charge is 0.355 e. The van der Waals surface area contributed by atoms with Crippen LogP contribution in [0.5, 0.6) is 0 Å². The van der Waals surface area contributed by atoms with Crippen LogP contribution < -0.4 is 9.62 Å². The predicted molar refractivity (Wildman–Crippen MR) is 147 cm³/mol. The molecule has 0 fully saturated rings. The second-order valence-corrected chi connectivity index (χ2v) is 11.1. The number of halogens is 2. The fraction of sp³-hybridized carbons (Fsp3) is 0.259. The topological polar surface area (TPSA) is 86.8 Å². The van der Waals surface area contributed by atoms with Crippen LogP contribution in [0.3, 0.4) is 0 Å². The van der Waals surface area contributed by atoms with Gasteiger partial charge in [0.2, 0.25) is 11.8 Å². The van der Waals surface area contributed by atoms with E-state index < -0.39 is 28.5 Å². The smallest absolute Gasteiger partial charge is 0.264 e. The van der Waals surface area contributed by atoms with Crippen LogP contribution in [0, 0.1) is 6.92 Å². The molecule has 196 valence electrons. The summed E-state index contributed by atoms with van der Waals surface area (Å²) in [6.45, 7) is 5.23. The Morgan fingerprint density at radius 2 is 1.62 bits per heavy atom. The molecule has 0 heterocycles. The molecule has 3 aromatic carbocycles. The summed E-state index contributed by atoms with van der Waals surface area (Å²) in [4.78, 5) is 28.0. The molecule has 37 heavy (non-hydrogen) atoms. The Morgan fingerprint density at radius 1 is 0.973 bits per heavy atom. The number of likely N-dealkylation sites (N-methyl/N-ethyl adjacent to an activating group) is 1. The molecule has 0 bridgehead atoms. The van der Waals surface area contributed by atoms with Crippen LogP contribution in [0.1, 0.15) is 25.0 Å². The standard InChI is InChI=1S/C27H29Cl2N3O4S/c1-4-30-27(34)20(3)31(17-21-11-9-8-10-19(21)2)26(33)18-32(25-16-22(28)14-15-24(25)29)37(35,36)23-12-6-5-7-13-23/h5-16,20H,4,17-18H2,1-3H3,(H,30,34). The minimum Gasteiger partial charge on any atom is -0.355 e. The van der Waals surface area contributed by atoms with Crippen LogP contribution in [0.25, 0.3) is 0 Å².